The Labute approximate surface area is 471 Å². The number of nitrogens with zero attached hydrogens (tertiary/aromatic N) is 2. The largest absolute Gasteiger partial charge is 0.489 e. The number of carbonyl (C=O) groups is 7. The van der Waals surface area contributed by atoms with Gasteiger partial charge in [-0.1, -0.05) is 108 Å². The first kappa shape index (κ1) is 59.0. The highest BCUT2D eigenvalue weighted by atomic mass is 16.5. The van der Waals surface area contributed by atoms with Gasteiger partial charge in [-0.2, -0.15) is 0 Å². The molecule has 8 rings (SSSR count). The number of ether oxygens (including phenoxy) is 1. The Balaban J connectivity index is 0.955. The predicted molar refractivity (Wildman–Crippen MR) is 307 cm³/mol. The van der Waals surface area contributed by atoms with Gasteiger partial charge in [0.15, 0.2) is 0 Å². The standard InChI is InChI=1S/C63H83N9O8/c1-37(64-9)55(73)69-53(62(3,4)5)60(78)71-34-43-29-30-46(31-44(43)32-51(71)58(76)67-49-23-15-19-40-17-11-13-21-47(40)49)80-36-39-25-27-42(28-26-39)57(75)66-45-33-52(59(77)68-50-24-16-20-41-18-12-14-22-48(41)50)72(35-45)61(79)54(63(6,7)8)70-56(74)38(2)65-10/h11-14,17-18,21-22,25-31,37-38,45,49-54,64-65H,15-16,19-20,23-24,32-36H2,1-10H3,(H,66,75)(H,67,76)(H,68,77)(H,69,73)(H,70,74)/t37-,38-,45?,49?,50?,51?,52?,53?,54?/m0/s1. The average molecular weight is 1090 g/mol. The maximum Gasteiger partial charge on any atom is 0.251 e. The number of carbonyl (C=O) groups excluding carboxylic acids is 7. The van der Waals surface area contributed by atoms with Crippen molar-refractivity contribution in [1.29, 1.82) is 0 Å². The molecule has 428 valence electrons. The highest BCUT2D eigenvalue weighted by molar-refractivity contribution is 5.97. The molecule has 7 unspecified atom stereocenters. The highest BCUT2D eigenvalue weighted by Gasteiger charge is 2.47. The Kier molecular flexibility index (Phi) is 18.5. The van der Waals surface area contributed by atoms with E-state index >= 15 is 0 Å². The van der Waals surface area contributed by atoms with E-state index < -0.39 is 59.0 Å². The zero-order valence-corrected chi connectivity index (χ0v) is 48.3. The summed E-state index contributed by atoms with van der Waals surface area (Å²) in [5, 5.41) is 21.5. The minimum Gasteiger partial charge on any atom is -0.489 e. The molecule has 0 spiro atoms. The van der Waals surface area contributed by atoms with Crippen molar-refractivity contribution in [2.75, 3.05) is 20.6 Å². The van der Waals surface area contributed by atoms with Crippen LogP contribution in [0.15, 0.2) is 91.0 Å². The van der Waals surface area contributed by atoms with E-state index in [2.05, 4.69) is 55.4 Å². The van der Waals surface area contributed by atoms with Gasteiger partial charge in [0.2, 0.25) is 35.4 Å². The molecule has 4 aromatic rings. The Morgan fingerprint density at radius 3 is 1.64 bits per heavy atom. The van der Waals surface area contributed by atoms with Gasteiger partial charge in [-0.3, -0.25) is 33.6 Å². The lowest BCUT2D eigenvalue weighted by Gasteiger charge is -2.41. The molecule has 7 N–H and O–H groups in total. The van der Waals surface area contributed by atoms with E-state index in [0.717, 1.165) is 66.3 Å². The number of likely N-dealkylation sites (tertiary alicyclic amines) is 1. The quantitative estimate of drug-likeness (QED) is 0.0666. The number of hydrogen-bond acceptors (Lipinski definition) is 10. The van der Waals surface area contributed by atoms with Gasteiger partial charge in [0.25, 0.3) is 5.91 Å². The summed E-state index contributed by atoms with van der Waals surface area (Å²) >= 11 is 0. The van der Waals surface area contributed by atoms with Crippen LogP contribution in [0, 0.1) is 10.8 Å². The Bertz CT molecular complexity index is 2930. The first-order valence-corrected chi connectivity index (χ1v) is 28.5. The van der Waals surface area contributed by atoms with Crippen LogP contribution in [0.4, 0.5) is 0 Å². The fourth-order valence-corrected chi connectivity index (χ4v) is 11.5. The van der Waals surface area contributed by atoms with Gasteiger partial charge in [0.1, 0.15) is 36.5 Å². The second-order valence-electron chi connectivity index (χ2n) is 24.5. The fourth-order valence-electron chi connectivity index (χ4n) is 11.5. The summed E-state index contributed by atoms with van der Waals surface area (Å²) in [6.45, 7) is 15.2. The van der Waals surface area contributed by atoms with Crippen molar-refractivity contribution in [2.45, 2.75) is 174 Å². The van der Waals surface area contributed by atoms with Crippen molar-refractivity contribution in [3.63, 3.8) is 0 Å². The van der Waals surface area contributed by atoms with Gasteiger partial charge >= 0.3 is 0 Å². The van der Waals surface area contributed by atoms with E-state index in [9.17, 15) is 33.6 Å². The molecule has 0 saturated carbocycles. The number of rotatable bonds is 17. The second kappa shape index (κ2) is 25.1. The summed E-state index contributed by atoms with van der Waals surface area (Å²) in [6.07, 6.45) is 5.67. The number of aryl methyl sites for hydroxylation is 2. The van der Waals surface area contributed by atoms with Crippen molar-refractivity contribution in [3.8, 4) is 5.75 Å². The van der Waals surface area contributed by atoms with Crippen LogP contribution in [-0.2, 0) is 61.2 Å². The van der Waals surface area contributed by atoms with Gasteiger partial charge in [-0.25, -0.2) is 0 Å². The molecule has 4 aromatic carbocycles. The second-order valence-corrected chi connectivity index (χ2v) is 24.5. The molecule has 17 heteroatoms. The van der Waals surface area contributed by atoms with Crippen LogP contribution in [-0.4, -0.2) is 114 Å². The summed E-state index contributed by atoms with van der Waals surface area (Å²) in [7, 11) is 3.36. The number of likely N-dealkylation sites (N-methyl/N-ethyl adjacent to an activating group) is 2. The van der Waals surface area contributed by atoms with Crippen LogP contribution in [0.25, 0.3) is 0 Å². The molecule has 4 aliphatic rings. The van der Waals surface area contributed by atoms with Crippen molar-refractivity contribution < 1.29 is 38.3 Å². The van der Waals surface area contributed by atoms with Crippen molar-refractivity contribution in [1.82, 2.24) is 47.0 Å². The minimum absolute atomic E-state index is 0.0708. The Morgan fingerprint density at radius 1 is 0.600 bits per heavy atom. The monoisotopic (exact) mass is 1090 g/mol. The van der Waals surface area contributed by atoms with E-state index in [1.54, 1.807) is 45.0 Å². The fraction of sp³-hybridized carbons (Fsp3) is 0.508. The number of nitrogens with one attached hydrogen (secondary N) is 7. The molecular formula is C63H83N9O8. The SMILES string of the molecule is CN[C@@H](C)C(=O)NC(C(=O)N1Cc2ccc(OCc3ccc(C(=O)NC4CC(C(=O)NC5CCCc6ccccc65)N(C(=O)C(NC(=O)[C@H](C)NC)C(C)(C)C)C4)cc3)cc2CC1C(=O)NC1CCCc2ccccc21)C(C)(C)C. The van der Waals surface area contributed by atoms with Gasteiger partial charge in [-0.15, -0.1) is 0 Å². The third-order valence-electron chi connectivity index (χ3n) is 16.6. The van der Waals surface area contributed by atoms with Gasteiger partial charge < -0.3 is 51.8 Å². The Morgan fingerprint density at radius 2 is 1.11 bits per heavy atom. The zero-order valence-electron chi connectivity index (χ0n) is 48.3. The number of fused-ring (bicyclic) bond motifs is 3. The van der Waals surface area contributed by atoms with Crippen LogP contribution in [0.5, 0.6) is 5.75 Å². The molecule has 1 saturated heterocycles. The maximum atomic E-state index is 14.8. The van der Waals surface area contributed by atoms with Gasteiger partial charge in [-0.05, 0) is 147 Å². The molecule has 0 aromatic heterocycles. The minimum atomic E-state index is -0.947. The topological polar surface area (TPSA) is 219 Å². The number of hydrogen-bond donors (Lipinski definition) is 7. The molecule has 0 radical (unpaired) electrons. The summed E-state index contributed by atoms with van der Waals surface area (Å²) < 4.78 is 6.34. The molecular weight excluding hydrogens is 1010 g/mol. The van der Waals surface area contributed by atoms with E-state index in [1.165, 1.54) is 16.0 Å². The molecule has 2 heterocycles. The molecule has 2 aliphatic carbocycles. The molecule has 2 aliphatic heterocycles. The maximum absolute atomic E-state index is 14.8. The predicted octanol–water partition coefficient (Wildman–Crippen LogP) is 5.88. The summed E-state index contributed by atoms with van der Waals surface area (Å²) in [5.74, 6) is -1.74. The van der Waals surface area contributed by atoms with E-state index in [1.807, 2.05) is 102 Å². The van der Waals surface area contributed by atoms with Crippen LogP contribution in [0.3, 0.4) is 0 Å². The molecule has 17 nitrogen and oxygen atoms in total. The normalized spacial score (nSPS) is 21.2. The highest BCUT2D eigenvalue weighted by Crippen LogP contribution is 2.35. The lowest BCUT2D eigenvalue weighted by molar-refractivity contribution is -0.147. The van der Waals surface area contributed by atoms with E-state index in [0.29, 0.717) is 11.3 Å². The number of benzene rings is 4. The molecule has 0 bridgehead atoms. The lowest BCUT2D eigenvalue weighted by Crippen LogP contribution is -2.62. The number of amides is 7. The zero-order chi connectivity index (χ0) is 57.6. The van der Waals surface area contributed by atoms with Crippen LogP contribution in [0.2, 0.25) is 0 Å². The van der Waals surface area contributed by atoms with Crippen LogP contribution < -0.4 is 42.0 Å². The first-order valence-electron chi connectivity index (χ1n) is 28.5. The molecule has 1 fully saturated rings. The van der Waals surface area contributed by atoms with E-state index in [4.69, 9.17) is 4.74 Å². The average Bonchev–Trinajstić information content (AvgIpc) is 3.89. The molecule has 9 atom stereocenters. The van der Waals surface area contributed by atoms with Gasteiger partial charge in [0.05, 0.1) is 24.2 Å². The molecule has 80 heavy (non-hydrogen) atoms. The third-order valence-corrected chi connectivity index (χ3v) is 16.6. The van der Waals surface area contributed by atoms with E-state index in [-0.39, 0.29) is 80.1 Å². The third kappa shape index (κ3) is 13.7. The van der Waals surface area contributed by atoms with Crippen LogP contribution in [0.1, 0.15) is 149 Å². The van der Waals surface area contributed by atoms with Crippen LogP contribution >= 0.6 is 0 Å². The van der Waals surface area contributed by atoms with Crippen molar-refractivity contribution >= 4 is 41.4 Å². The van der Waals surface area contributed by atoms with Crippen molar-refractivity contribution in [3.05, 3.63) is 136 Å². The van der Waals surface area contributed by atoms with Gasteiger partial charge in [0, 0.05) is 31.1 Å². The summed E-state index contributed by atoms with van der Waals surface area (Å²) in [6, 6.07) is 23.3. The lowest BCUT2D eigenvalue weighted by atomic mass is 9.83. The summed E-state index contributed by atoms with van der Waals surface area (Å²) in [5.41, 5.74) is 6.10. The summed E-state index contributed by atoms with van der Waals surface area (Å²) in [4.78, 5) is 102. The Hall–Kier alpha value is -7.11. The smallest absolute Gasteiger partial charge is 0.251 e. The molecule has 7 amide bonds. The van der Waals surface area contributed by atoms with Crippen molar-refractivity contribution in [2.24, 2.45) is 10.8 Å². The first-order chi connectivity index (χ1) is 38.0.